The molecule has 5 heteroatoms. The Hall–Kier alpha value is -2.14. The largest absolute Gasteiger partial charge is 0.478 e. The SMILES string of the molecule is O=C(O)/C=C/C(=O)O.c1ccc(C23CNCC2C2CCC3C2)cc1. The average Bonchev–Trinajstić information content (AvgIpc) is 3.27. The van der Waals surface area contributed by atoms with Gasteiger partial charge >= 0.3 is 11.9 Å². The van der Waals surface area contributed by atoms with E-state index in [0.717, 1.165) is 17.8 Å². The summed E-state index contributed by atoms with van der Waals surface area (Å²) in [6, 6.07) is 11.3. The van der Waals surface area contributed by atoms with Crippen molar-refractivity contribution in [3.05, 3.63) is 48.0 Å². The highest BCUT2D eigenvalue weighted by Gasteiger charge is 2.60. The molecule has 2 bridgehead atoms. The monoisotopic (exact) mass is 329 g/mol. The minimum Gasteiger partial charge on any atom is -0.478 e. The van der Waals surface area contributed by atoms with Crippen molar-refractivity contribution >= 4 is 11.9 Å². The lowest BCUT2D eigenvalue weighted by Crippen LogP contribution is -2.40. The van der Waals surface area contributed by atoms with Gasteiger partial charge in [0, 0.05) is 24.1 Å². The van der Waals surface area contributed by atoms with E-state index < -0.39 is 11.9 Å². The second kappa shape index (κ2) is 6.77. The van der Waals surface area contributed by atoms with E-state index in [0.29, 0.717) is 17.6 Å². The van der Waals surface area contributed by atoms with Crippen molar-refractivity contribution in [2.75, 3.05) is 13.1 Å². The summed E-state index contributed by atoms with van der Waals surface area (Å²) in [5, 5.41) is 19.3. The standard InChI is InChI=1S/C15H19N.C4H4O4/c1-2-4-12(5-3-1)15-10-16-9-14(15)11-6-7-13(15)8-11;5-3(6)1-2-4(7)8/h1-5,11,13-14,16H,6-10H2;1-2H,(H,5,6)(H,7,8)/b;2-1+. The second-order valence-electron chi connectivity index (χ2n) is 6.92. The first-order chi connectivity index (χ1) is 11.5. The van der Waals surface area contributed by atoms with E-state index in [2.05, 4.69) is 35.6 Å². The third kappa shape index (κ3) is 2.96. The van der Waals surface area contributed by atoms with Crippen LogP contribution in [0.4, 0.5) is 0 Å². The summed E-state index contributed by atoms with van der Waals surface area (Å²) in [6.45, 7) is 2.49. The molecule has 1 heterocycles. The summed E-state index contributed by atoms with van der Waals surface area (Å²) < 4.78 is 0. The number of carboxylic acid groups (broad SMARTS) is 2. The fraction of sp³-hybridized carbons (Fsp3) is 0.474. The number of carbonyl (C=O) groups is 2. The topological polar surface area (TPSA) is 86.6 Å². The molecule has 2 aliphatic carbocycles. The van der Waals surface area contributed by atoms with Gasteiger partial charge in [-0.05, 0) is 49.1 Å². The number of nitrogens with one attached hydrogen (secondary N) is 1. The zero-order valence-electron chi connectivity index (χ0n) is 13.5. The summed E-state index contributed by atoms with van der Waals surface area (Å²) in [5.41, 5.74) is 2.11. The molecule has 3 N–H and O–H groups in total. The fourth-order valence-corrected chi connectivity index (χ4v) is 5.07. The second-order valence-corrected chi connectivity index (χ2v) is 6.92. The molecule has 4 atom stereocenters. The average molecular weight is 329 g/mol. The Morgan fingerprint density at radius 1 is 1.08 bits per heavy atom. The molecule has 128 valence electrons. The molecule has 3 fully saturated rings. The number of fused-ring (bicyclic) bond motifs is 5. The number of hydrogen-bond acceptors (Lipinski definition) is 3. The molecule has 1 aromatic carbocycles. The van der Waals surface area contributed by atoms with Gasteiger partial charge in [0.15, 0.2) is 0 Å². The highest BCUT2D eigenvalue weighted by atomic mass is 16.4. The Kier molecular flexibility index (Phi) is 4.71. The van der Waals surface area contributed by atoms with Gasteiger partial charge in [0.2, 0.25) is 0 Å². The van der Waals surface area contributed by atoms with Gasteiger partial charge in [-0.15, -0.1) is 0 Å². The van der Waals surface area contributed by atoms with Crippen molar-refractivity contribution in [1.82, 2.24) is 5.32 Å². The van der Waals surface area contributed by atoms with Crippen LogP contribution in [0.5, 0.6) is 0 Å². The number of hydrogen-bond donors (Lipinski definition) is 3. The maximum absolute atomic E-state index is 9.55. The predicted octanol–water partition coefficient (Wildman–Crippen LogP) is 2.29. The normalized spacial score (nSPS) is 33.1. The van der Waals surface area contributed by atoms with E-state index in [-0.39, 0.29) is 0 Å². The Labute approximate surface area is 141 Å². The van der Waals surface area contributed by atoms with E-state index in [1.54, 1.807) is 5.56 Å². The molecule has 1 aliphatic heterocycles. The van der Waals surface area contributed by atoms with Crippen LogP contribution in [0.2, 0.25) is 0 Å². The van der Waals surface area contributed by atoms with Crippen molar-refractivity contribution in [3.8, 4) is 0 Å². The Bertz CT molecular complexity index is 626. The molecule has 3 aliphatic rings. The van der Waals surface area contributed by atoms with E-state index in [1.807, 2.05) is 0 Å². The van der Waals surface area contributed by atoms with E-state index in [9.17, 15) is 9.59 Å². The molecule has 0 amide bonds. The van der Waals surface area contributed by atoms with Crippen LogP contribution in [0, 0.1) is 17.8 Å². The maximum Gasteiger partial charge on any atom is 0.328 e. The molecule has 5 nitrogen and oxygen atoms in total. The minimum atomic E-state index is -1.26. The van der Waals surface area contributed by atoms with Gasteiger partial charge in [-0.3, -0.25) is 0 Å². The van der Waals surface area contributed by atoms with Gasteiger partial charge in [0.1, 0.15) is 0 Å². The Morgan fingerprint density at radius 2 is 1.75 bits per heavy atom. The molecule has 4 unspecified atom stereocenters. The quantitative estimate of drug-likeness (QED) is 0.741. The molecule has 0 radical (unpaired) electrons. The lowest BCUT2D eigenvalue weighted by molar-refractivity contribution is -0.134. The van der Waals surface area contributed by atoms with Gasteiger partial charge in [-0.25, -0.2) is 9.59 Å². The zero-order valence-corrected chi connectivity index (χ0v) is 13.5. The highest BCUT2D eigenvalue weighted by molar-refractivity contribution is 5.89. The van der Waals surface area contributed by atoms with Crippen LogP contribution in [0.3, 0.4) is 0 Å². The molecular formula is C19H23NO4. The van der Waals surface area contributed by atoms with Gasteiger partial charge < -0.3 is 15.5 Å². The Balaban J connectivity index is 0.000000183. The highest BCUT2D eigenvalue weighted by Crippen LogP contribution is 2.61. The van der Waals surface area contributed by atoms with E-state index in [4.69, 9.17) is 10.2 Å². The van der Waals surface area contributed by atoms with Crippen molar-refractivity contribution < 1.29 is 19.8 Å². The third-order valence-corrected chi connectivity index (χ3v) is 5.89. The van der Waals surface area contributed by atoms with E-state index in [1.165, 1.54) is 32.4 Å². The van der Waals surface area contributed by atoms with Crippen molar-refractivity contribution in [2.24, 2.45) is 17.8 Å². The van der Waals surface area contributed by atoms with Crippen LogP contribution in [-0.2, 0) is 15.0 Å². The van der Waals surface area contributed by atoms with E-state index >= 15 is 0 Å². The molecular weight excluding hydrogens is 306 g/mol. The smallest absolute Gasteiger partial charge is 0.328 e. The molecule has 4 rings (SSSR count). The molecule has 0 aromatic heterocycles. The number of carboxylic acids is 2. The lowest BCUT2D eigenvalue weighted by Gasteiger charge is -2.39. The molecule has 2 saturated carbocycles. The number of rotatable bonds is 3. The van der Waals surface area contributed by atoms with Gasteiger partial charge in [0.05, 0.1) is 0 Å². The van der Waals surface area contributed by atoms with Gasteiger partial charge in [-0.1, -0.05) is 30.3 Å². The molecule has 1 aromatic rings. The molecule has 0 spiro atoms. The lowest BCUT2D eigenvalue weighted by atomic mass is 9.64. The van der Waals surface area contributed by atoms with Crippen molar-refractivity contribution in [1.29, 1.82) is 0 Å². The fourth-order valence-electron chi connectivity index (χ4n) is 5.07. The van der Waals surface area contributed by atoms with Crippen LogP contribution in [0.1, 0.15) is 24.8 Å². The minimum absolute atomic E-state index is 0.504. The Morgan fingerprint density at radius 3 is 2.38 bits per heavy atom. The summed E-state index contributed by atoms with van der Waals surface area (Å²) in [5.74, 6) is 0.383. The first-order valence-corrected chi connectivity index (χ1v) is 8.44. The molecule has 24 heavy (non-hydrogen) atoms. The van der Waals surface area contributed by atoms with Crippen LogP contribution < -0.4 is 5.32 Å². The van der Waals surface area contributed by atoms with Crippen LogP contribution >= 0.6 is 0 Å². The van der Waals surface area contributed by atoms with Crippen LogP contribution in [0.15, 0.2) is 42.5 Å². The number of benzene rings is 1. The van der Waals surface area contributed by atoms with Gasteiger partial charge in [0.25, 0.3) is 0 Å². The summed E-state index contributed by atoms with van der Waals surface area (Å²) in [6.07, 6.45) is 5.58. The predicted molar refractivity (Wildman–Crippen MR) is 89.7 cm³/mol. The van der Waals surface area contributed by atoms with Crippen LogP contribution in [-0.4, -0.2) is 35.2 Å². The van der Waals surface area contributed by atoms with Crippen molar-refractivity contribution in [3.63, 3.8) is 0 Å². The summed E-state index contributed by atoms with van der Waals surface area (Å²) >= 11 is 0. The molecule has 1 saturated heterocycles. The van der Waals surface area contributed by atoms with Gasteiger partial charge in [-0.2, -0.15) is 0 Å². The first kappa shape index (κ1) is 16.7. The van der Waals surface area contributed by atoms with Crippen LogP contribution in [0.25, 0.3) is 0 Å². The number of aliphatic carboxylic acids is 2. The summed E-state index contributed by atoms with van der Waals surface area (Å²) in [7, 11) is 0. The van der Waals surface area contributed by atoms with Crippen molar-refractivity contribution in [2.45, 2.75) is 24.7 Å². The first-order valence-electron chi connectivity index (χ1n) is 8.44. The zero-order chi connectivity index (χ0) is 17.2. The third-order valence-electron chi connectivity index (χ3n) is 5.89. The summed E-state index contributed by atoms with van der Waals surface area (Å²) in [4.78, 5) is 19.1. The maximum atomic E-state index is 9.55.